The molecule has 1 aromatic carbocycles. The van der Waals surface area contributed by atoms with Crippen LogP contribution in [0.2, 0.25) is 0 Å². The van der Waals surface area contributed by atoms with Crippen LogP contribution in [0.3, 0.4) is 0 Å². The maximum atomic E-state index is 5.44. The van der Waals surface area contributed by atoms with Crippen LogP contribution in [0.4, 0.5) is 5.82 Å². The highest BCUT2D eigenvalue weighted by molar-refractivity contribution is 7.17. The summed E-state index contributed by atoms with van der Waals surface area (Å²) < 4.78 is 10.6. The maximum Gasteiger partial charge on any atom is 0.146 e. The van der Waals surface area contributed by atoms with Gasteiger partial charge >= 0.3 is 0 Å². The zero-order valence-electron chi connectivity index (χ0n) is 15.5. The van der Waals surface area contributed by atoms with Crippen LogP contribution in [0.15, 0.2) is 35.7 Å². The highest BCUT2D eigenvalue weighted by atomic mass is 32.1. The molecule has 1 fully saturated rings. The zero-order valence-corrected chi connectivity index (χ0v) is 16.3. The molecule has 27 heavy (non-hydrogen) atoms. The molecule has 0 amide bonds. The number of anilines is 1. The summed E-state index contributed by atoms with van der Waals surface area (Å²) in [6.45, 7) is 5.49. The van der Waals surface area contributed by atoms with Crippen molar-refractivity contribution in [1.29, 1.82) is 0 Å². The second-order valence-electron chi connectivity index (χ2n) is 6.49. The van der Waals surface area contributed by atoms with Crippen molar-refractivity contribution in [3.63, 3.8) is 0 Å². The number of rotatable bonds is 7. The van der Waals surface area contributed by atoms with Gasteiger partial charge in [-0.25, -0.2) is 9.97 Å². The first-order valence-electron chi connectivity index (χ1n) is 9.21. The van der Waals surface area contributed by atoms with E-state index < -0.39 is 0 Å². The monoisotopic (exact) mass is 384 g/mol. The van der Waals surface area contributed by atoms with E-state index in [1.54, 1.807) is 18.4 Å². The molecular weight excluding hydrogens is 360 g/mol. The van der Waals surface area contributed by atoms with Crippen molar-refractivity contribution < 1.29 is 9.47 Å². The average molecular weight is 385 g/mol. The van der Waals surface area contributed by atoms with Gasteiger partial charge in [0.2, 0.25) is 0 Å². The summed E-state index contributed by atoms with van der Waals surface area (Å²) in [5.41, 5.74) is 2.36. The van der Waals surface area contributed by atoms with Crippen LogP contribution in [0, 0.1) is 0 Å². The molecule has 1 saturated heterocycles. The Morgan fingerprint density at radius 2 is 2.00 bits per heavy atom. The van der Waals surface area contributed by atoms with Gasteiger partial charge in [-0.05, 0) is 5.56 Å². The lowest BCUT2D eigenvalue weighted by Crippen LogP contribution is -2.36. The molecule has 3 heterocycles. The first kappa shape index (κ1) is 18.3. The topological polar surface area (TPSA) is 59.5 Å². The molecule has 1 aliphatic heterocycles. The average Bonchev–Trinajstić information content (AvgIpc) is 3.14. The highest BCUT2D eigenvalue weighted by Crippen LogP contribution is 2.37. The molecule has 0 unspecified atom stereocenters. The fourth-order valence-corrected chi connectivity index (χ4v) is 4.21. The van der Waals surface area contributed by atoms with Crippen molar-refractivity contribution in [3.05, 3.63) is 41.5 Å². The summed E-state index contributed by atoms with van der Waals surface area (Å²) >= 11 is 1.67. The Morgan fingerprint density at radius 3 is 2.78 bits per heavy atom. The van der Waals surface area contributed by atoms with E-state index in [1.165, 1.54) is 11.1 Å². The molecule has 0 atom stereocenters. The minimum absolute atomic E-state index is 0.634. The second kappa shape index (κ2) is 8.75. The molecule has 4 rings (SSSR count). The minimum atomic E-state index is 0.634. The van der Waals surface area contributed by atoms with Gasteiger partial charge in [0.15, 0.2) is 0 Å². The Hall–Kier alpha value is -2.06. The third-order valence-electron chi connectivity index (χ3n) is 4.63. The number of ether oxygens (including phenoxy) is 2. The van der Waals surface area contributed by atoms with E-state index in [0.717, 1.165) is 54.7 Å². The third kappa shape index (κ3) is 4.27. The van der Waals surface area contributed by atoms with E-state index in [9.17, 15) is 0 Å². The number of nitrogens with zero attached hydrogens (tertiary/aromatic N) is 3. The maximum absolute atomic E-state index is 5.44. The van der Waals surface area contributed by atoms with Crippen LogP contribution in [0.25, 0.3) is 21.3 Å². The van der Waals surface area contributed by atoms with Crippen molar-refractivity contribution in [2.24, 2.45) is 0 Å². The Kier molecular flexibility index (Phi) is 5.94. The Morgan fingerprint density at radius 1 is 1.19 bits per heavy atom. The molecule has 0 saturated carbocycles. The second-order valence-corrected chi connectivity index (χ2v) is 7.35. The predicted octanol–water partition coefficient (Wildman–Crippen LogP) is 3.25. The first-order valence-corrected chi connectivity index (χ1v) is 10.1. The summed E-state index contributed by atoms with van der Waals surface area (Å²) in [4.78, 5) is 13.1. The molecule has 7 heteroatoms. The number of hydrogen-bond donors (Lipinski definition) is 1. The number of morpholine rings is 1. The summed E-state index contributed by atoms with van der Waals surface area (Å²) in [6, 6.07) is 10.4. The highest BCUT2D eigenvalue weighted by Gasteiger charge is 2.18. The van der Waals surface area contributed by atoms with E-state index in [-0.39, 0.29) is 0 Å². The standard InChI is InChI=1S/C20H24N4O2S/c1-25-10-7-21-19-18-16(15-5-3-2-4-6-15)14-27-20(18)23-17(22-19)13-24-8-11-26-12-9-24/h2-6,14H,7-13H2,1H3,(H,21,22,23). The lowest BCUT2D eigenvalue weighted by atomic mass is 10.1. The van der Waals surface area contributed by atoms with E-state index in [4.69, 9.17) is 19.4 Å². The smallest absolute Gasteiger partial charge is 0.146 e. The number of hydrogen-bond acceptors (Lipinski definition) is 7. The summed E-state index contributed by atoms with van der Waals surface area (Å²) in [6.07, 6.45) is 0. The molecule has 0 radical (unpaired) electrons. The number of nitrogens with one attached hydrogen (secondary N) is 1. The van der Waals surface area contributed by atoms with Crippen molar-refractivity contribution >= 4 is 27.4 Å². The largest absolute Gasteiger partial charge is 0.383 e. The van der Waals surface area contributed by atoms with Gasteiger partial charge in [-0.3, -0.25) is 4.90 Å². The van der Waals surface area contributed by atoms with E-state index in [1.807, 2.05) is 6.07 Å². The van der Waals surface area contributed by atoms with Crippen molar-refractivity contribution in [1.82, 2.24) is 14.9 Å². The van der Waals surface area contributed by atoms with Crippen LogP contribution in [-0.4, -0.2) is 61.4 Å². The van der Waals surface area contributed by atoms with Gasteiger partial charge in [0, 0.05) is 37.7 Å². The molecule has 1 aliphatic rings. The number of aromatic nitrogens is 2. The van der Waals surface area contributed by atoms with Gasteiger partial charge in [0.05, 0.1) is 31.8 Å². The number of methoxy groups -OCH3 is 1. The van der Waals surface area contributed by atoms with Crippen LogP contribution in [-0.2, 0) is 16.0 Å². The molecule has 3 aromatic rings. The van der Waals surface area contributed by atoms with Gasteiger partial charge in [-0.15, -0.1) is 11.3 Å². The van der Waals surface area contributed by atoms with Crippen molar-refractivity contribution in [2.75, 3.05) is 51.9 Å². The summed E-state index contributed by atoms with van der Waals surface area (Å²) in [5.74, 6) is 1.74. The molecular formula is C20H24N4O2S. The molecule has 6 nitrogen and oxygen atoms in total. The molecule has 1 N–H and O–H groups in total. The van der Waals surface area contributed by atoms with E-state index in [2.05, 4.69) is 39.9 Å². The lowest BCUT2D eigenvalue weighted by molar-refractivity contribution is 0.0331. The Labute approximate surface area is 163 Å². The fourth-order valence-electron chi connectivity index (χ4n) is 3.25. The fraction of sp³-hybridized carbons (Fsp3) is 0.400. The van der Waals surface area contributed by atoms with E-state index in [0.29, 0.717) is 13.2 Å². The molecule has 0 bridgehead atoms. The number of benzene rings is 1. The predicted molar refractivity (Wildman–Crippen MR) is 109 cm³/mol. The normalized spacial score (nSPS) is 15.3. The quantitative estimate of drug-likeness (QED) is 0.631. The number of thiophene rings is 1. The summed E-state index contributed by atoms with van der Waals surface area (Å²) in [7, 11) is 1.71. The summed E-state index contributed by atoms with van der Waals surface area (Å²) in [5, 5.41) is 6.72. The van der Waals surface area contributed by atoms with Crippen LogP contribution < -0.4 is 5.32 Å². The molecule has 2 aromatic heterocycles. The van der Waals surface area contributed by atoms with Gasteiger partial charge in [0.25, 0.3) is 0 Å². The number of fused-ring (bicyclic) bond motifs is 1. The Bertz CT molecular complexity index is 878. The third-order valence-corrected chi connectivity index (χ3v) is 5.50. The van der Waals surface area contributed by atoms with Gasteiger partial charge in [0.1, 0.15) is 16.5 Å². The van der Waals surface area contributed by atoms with Gasteiger partial charge in [-0.2, -0.15) is 0 Å². The SMILES string of the molecule is COCCNc1nc(CN2CCOCC2)nc2scc(-c3ccccc3)c12. The van der Waals surface area contributed by atoms with Crippen LogP contribution in [0.1, 0.15) is 5.82 Å². The van der Waals surface area contributed by atoms with Crippen LogP contribution >= 0.6 is 11.3 Å². The Balaban J connectivity index is 1.70. The minimum Gasteiger partial charge on any atom is -0.383 e. The first-order chi connectivity index (χ1) is 13.3. The van der Waals surface area contributed by atoms with Crippen LogP contribution in [0.5, 0.6) is 0 Å². The lowest BCUT2D eigenvalue weighted by Gasteiger charge is -2.25. The van der Waals surface area contributed by atoms with Gasteiger partial charge < -0.3 is 14.8 Å². The van der Waals surface area contributed by atoms with Gasteiger partial charge in [-0.1, -0.05) is 30.3 Å². The molecule has 0 aliphatic carbocycles. The van der Waals surface area contributed by atoms with E-state index >= 15 is 0 Å². The van der Waals surface area contributed by atoms with Crippen molar-refractivity contribution in [3.8, 4) is 11.1 Å². The zero-order chi connectivity index (χ0) is 18.5. The molecule has 142 valence electrons. The van der Waals surface area contributed by atoms with Crippen molar-refractivity contribution in [2.45, 2.75) is 6.54 Å². The molecule has 0 spiro atoms.